The number of ketones is 1. The zero-order valence-electron chi connectivity index (χ0n) is 17.5. The molecular weight excluding hydrogens is 387 g/mol. The van der Waals surface area contributed by atoms with Crippen molar-refractivity contribution in [3.63, 3.8) is 0 Å². The third-order valence-corrected chi connectivity index (χ3v) is 6.75. The Bertz CT molecular complexity index is 843. The average Bonchev–Trinajstić information content (AvgIpc) is 2.89. The van der Waals surface area contributed by atoms with E-state index in [1.807, 2.05) is 4.90 Å². The van der Waals surface area contributed by atoms with Gasteiger partial charge >= 0.3 is 6.03 Å². The standard InChI is InChI=1S/C22H29FN4O3/c1-16(28)17-6-7-19(18(23)14-17)26-12-10-25(11-13-26)15-27-20(29)22(24-21(27)30)8-4-2-3-5-9-22/h6-7,14H,2-5,8-13,15H2,1H3,(H,24,30)/p+1. The van der Waals surface area contributed by atoms with Crippen molar-refractivity contribution < 1.29 is 23.7 Å². The van der Waals surface area contributed by atoms with Gasteiger partial charge in [0.2, 0.25) is 0 Å². The summed E-state index contributed by atoms with van der Waals surface area (Å²) in [5, 5.41) is 2.99. The molecule has 0 atom stereocenters. The predicted molar refractivity (Wildman–Crippen MR) is 110 cm³/mol. The Labute approximate surface area is 176 Å². The lowest BCUT2D eigenvalue weighted by atomic mass is 9.90. The third-order valence-electron chi connectivity index (χ3n) is 6.75. The molecule has 0 unspecified atom stereocenters. The van der Waals surface area contributed by atoms with E-state index in [4.69, 9.17) is 0 Å². The van der Waals surface area contributed by atoms with Crippen LogP contribution in [-0.2, 0) is 4.79 Å². The van der Waals surface area contributed by atoms with Crippen molar-refractivity contribution >= 4 is 23.4 Å². The molecule has 0 aromatic heterocycles. The van der Waals surface area contributed by atoms with Gasteiger partial charge < -0.3 is 15.1 Å². The minimum absolute atomic E-state index is 0.0739. The summed E-state index contributed by atoms with van der Waals surface area (Å²) in [6, 6.07) is 4.32. The summed E-state index contributed by atoms with van der Waals surface area (Å²) in [6.45, 7) is 4.44. The van der Waals surface area contributed by atoms with E-state index < -0.39 is 11.4 Å². The molecule has 3 aliphatic rings. The quantitative estimate of drug-likeness (QED) is 0.573. The summed E-state index contributed by atoms with van der Waals surface area (Å²) in [5.41, 5.74) is 0.161. The molecule has 2 aliphatic heterocycles. The van der Waals surface area contributed by atoms with Crippen LogP contribution >= 0.6 is 0 Å². The number of urea groups is 1. The second-order valence-corrected chi connectivity index (χ2v) is 8.78. The lowest BCUT2D eigenvalue weighted by Crippen LogP contribution is -3.16. The first-order valence-corrected chi connectivity index (χ1v) is 10.9. The molecule has 2 heterocycles. The van der Waals surface area contributed by atoms with Crippen molar-refractivity contribution in [1.29, 1.82) is 0 Å². The van der Waals surface area contributed by atoms with Crippen LogP contribution in [0.4, 0.5) is 14.9 Å². The Hall–Kier alpha value is -2.48. The number of piperazine rings is 1. The lowest BCUT2D eigenvalue weighted by molar-refractivity contribution is -0.907. The summed E-state index contributed by atoms with van der Waals surface area (Å²) >= 11 is 0. The van der Waals surface area contributed by atoms with Gasteiger partial charge in [-0.3, -0.25) is 9.59 Å². The van der Waals surface area contributed by atoms with Crippen LogP contribution < -0.4 is 15.1 Å². The largest absolute Gasteiger partial charge is 0.358 e. The molecule has 162 valence electrons. The number of amides is 3. The first kappa shape index (κ1) is 20.8. The van der Waals surface area contributed by atoms with Crippen LogP contribution in [0.5, 0.6) is 0 Å². The highest BCUT2D eigenvalue weighted by Gasteiger charge is 2.51. The van der Waals surface area contributed by atoms with Gasteiger partial charge in [0.05, 0.1) is 31.9 Å². The van der Waals surface area contributed by atoms with Gasteiger partial charge in [0.1, 0.15) is 11.4 Å². The monoisotopic (exact) mass is 417 g/mol. The van der Waals surface area contributed by atoms with Gasteiger partial charge in [-0.1, -0.05) is 25.7 Å². The lowest BCUT2D eigenvalue weighted by Gasteiger charge is -2.35. The topological polar surface area (TPSA) is 74.2 Å². The van der Waals surface area contributed by atoms with Crippen molar-refractivity contribution in [3.8, 4) is 0 Å². The molecule has 2 saturated heterocycles. The smallest absolute Gasteiger partial charge is 0.329 e. The van der Waals surface area contributed by atoms with Crippen LogP contribution in [-0.4, -0.2) is 61.0 Å². The highest BCUT2D eigenvalue weighted by atomic mass is 19.1. The van der Waals surface area contributed by atoms with Gasteiger partial charge in [-0.05, 0) is 38.0 Å². The predicted octanol–water partition coefficient (Wildman–Crippen LogP) is 1.34. The van der Waals surface area contributed by atoms with Gasteiger partial charge in [-0.25, -0.2) is 14.1 Å². The number of hydrogen-bond donors (Lipinski definition) is 2. The molecule has 3 amide bonds. The number of anilines is 1. The van der Waals surface area contributed by atoms with Crippen molar-refractivity contribution in [2.75, 3.05) is 37.7 Å². The van der Waals surface area contributed by atoms with E-state index in [9.17, 15) is 18.8 Å². The number of nitrogens with one attached hydrogen (secondary N) is 2. The van der Waals surface area contributed by atoms with Crippen LogP contribution in [0.2, 0.25) is 0 Å². The van der Waals surface area contributed by atoms with Crippen molar-refractivity contribution in [3.05, 3.63) is 29.6 Å². The Morgan fingerprint density at radius 3 is 2.40 bits per heavy atom. The molecular formula is C22H30FN4O3+. The molecule has 2 N–H and O–H groups in total. The first-order valence-electron chi connectivity index (χ1n) is 10.9. The van der Waals surface area contributed by atoms with E-state index in [0.717, 1.165) is 43.4 Å². The van der Waals surface area contributed by atoms with Gasteiger partial charge in [0.25, 0.3) is 5.91 Å². The zero-order valence-corrected chi connectivity index (χ0v) is 17.5. The van der Waals surface area contributed by atoms with Crippen molar-refractivity contribution in [1.82, 2.24) is 10.2 Å². The molecule has 3 fully saturated rings. The molecule has 8 heteroatoms. The molecule has 1 aliphatic carbocycles. The number of Topliss-reactive ketones (excluding diaryl/α,β-unsaturated/α-hetero) is 1. The Kier molecular flexibility index (Phi) is 5.77. The number of quaternary nitrogens is 1. The van der Waals surface area contributed by atoms with Crippen LogP contribution in [0.15, 0.2) is 18.2 Å². The Balaban J connectivity index is 1.36. The maximum atomic E-state index is 14.5. The first-order chi connectivity index (χ1) is 14.4. The maximum absolute atomic E-state index is 14.5. The number of imide groups is 1. The molecule has 30 heavy (non-hydrogen) atoms. The fourth-order valence-electron chi connectivity index (χ4n) is 4.92. The van der Waals surface area contributed by atoms with Crippen LogP contribution in [0.3, 0.4) is 0 Å². The van der Waals surface area contributed by atoms with E-state index >= 15 is 0 Å². The summed E-state index contributed by atoms with van der Waals surface area (Å²) in [7, 11) is 0. The number of rotatable bonds is 4. The minimum Gasteiger partial charge on any atom is -0.358 e. The van der Waals surface area contributed by atoms with E-state index in [0.29, 0.717) is 44.1 Å². The van der Waals surface area contributed by atoms with Gasteiger partial charge in [-0.2, -0.15) is 0 Å². The zero-order chi connectivity index (χ0) is 21.3. The fourth-order valence-corrected chi connectivity index (χ4v) is 4.92. The number of carbonyl (C=O) groups is 3. The number of benzene rings is 1. The molecule has 4 rings (SSSR count). The number of halogens is 1. The van der Waals surface area contributed by atoms with Gasteiger partial charge in [0.15, 0.2) is 12.5 Å². The SMILES string of the molecule is CC(=O)c1ccc(N2CC[NH+](CN3C(=O)NC4(CCCCCC4)C3=O)CC2)c(F)c1. The highest BCUT2D eigenvalue weighted by Crippen LogP contribution is 2.32. The van der Waals surface area contributed by atoms with Crippen molar-refractivity contribution in [2.24, 2.45) is 0 Å². The summed E-state index contributed by atoms with van der Waals surface area (Å²) in [5.74, 6) is -0.625. The van der Waals surface area contributed by atoms with Gasteiger partial charge in [0, 0.05) is 5.56 Å². The summed E-state index contributed by atoms with van der Waals surface area (Å²) in [4.78, 5) is 41.5. The number of hydrogen-bond acceptors (Lipinski definition) is 4. The molecule has 1 aromatic carbocycles. The molecule has 1 saturated carbocycles. The second kappa shape index (κ2) is 8.34. The second-order valence-electron chi connectivity index (χ2n) is 8.78. The number of carbonyl (C=O) groups excluding carboxylic acids is 3. The minimum atomic E-state index is -0.698. The molecule has 7 nitrogen and oxygen atoms in total. The van der Waals surface area contributed by atoms with Crippen molar-refractivity contribution in [2.45, 2.75) is 51.0 Å². The molecule has 0 radical (unpaired) electrons. The van der Waals surface area contributed by atoms with E-state index in [1.54, 1.807) is 12.1 Å². The number of nitrogens with zero attached hydrogens (tertiary/aromatic N) is 2. The highest BCUT2D eigenvalue weighted by molar-refractivity contribution is 6.06. The molecule has 0 bridgehead atoms. The maximum Gasteiger partial charge on any atom is 0.329 e. The Morgan fingerprint density at radius 2 is 1.80 bits per heavy atom. The van der Waals surface area contributed by atoms with Crippen LogP contribution in [0, 0.1) is 5.82 Å². The van der Waals surface area contributed by atoms with Gasteiger partial charge in [-0.15, -0.1) is 0 Å². The average molecular weight is 418 g/mol. The fraction of sp³-hybridized carbons (Fsp3) is 0.591. The van der Waals surface area contributed by atoms with E-state index in [-0.39, 0.29) is 17.7 Å². The van der Waals surface area contributed by atoms with E-state index in [1.165, 1.54) is 17.9 Å². The van der Waals surface area contributed by atoms with E-state index in [2.05, 4.69) is 5.32 Å². The normalized spacial score (nSPS) is 22.3. The molecule has 1 spiro atoms. The summed E-state index contributed by atoms with van der Waals surface area (Å²) < 4.78 is 14.5. The van der Waals surface area contributed by atoms with Crippen LogP contribution in [0.1, 0.15) is 55.8 Å². The summed E-state index contributed by atoms with van der Waals surface area (Å²) in [6.07, 6.45) is 5.63. The Morgan fingerprint density at radius 1 is 1.13 bits per heavy atom. The molecule has 1 aromatic rings. The third kappa shape index (κ3) is 3.93. The van der Waals surface area contributed by atoms with Crippen LogP contribution in [0.25, 0.3) is 0 Å².